The van der Waals surface area contributed by atoms with Crippen LogP contribution in [0, 0.1) is 6.92 Å². The zero-order chi connectivity index (χ0) is 29.6. The van der Waals surface area contributed by atoms with Gasteiger partial charge in [0, 0.05) is 68.4 Å². The molecule has 1 unspecified atom stereocenters. The fourth-order valence-corrected chi connectivity index (χ4v) is 6.59. The number of aryl methyl sites for hydroxylation is 1. The highest BCUT2D eigenvalue weighted by Crippen LogP contribution is 2.42. The Morgan fingerprint density at radius 3 is 2.31 bits per heavy atom. The fraction of sp³-hybridized carbons (Fsp3) is 0.314. The molecule has 2 aliphatic heterocycles. The molecule has 42 heavy (non-hydrogen) atoms. The SMILES string of the molecule is COC(=O)C1C(=O)c2c3nc(cc4[nH]c(cc5nc(cc6cc1c2[nH]6)C(C)(C)C5)cc4-c1ccc(C)cc1)C(C)(C)C3. The van der Waals surface area contributed by atoms with E-state index >= 15 is 0 Å². The van der Waals surface area contributed by atoms with E-state index in [0.29, 0.717) is 28.8 Å². The number of carbonyl (C=O) groups is 2. The van der Waals surface area contributed by atoms with Gasteiger partial charge in [-0.05, 0) is 42.8 Å². The second kappa shape index (κ2) is 8.99. The van der Waals surface area contributed by atoms with Gasteiger partial charge in [-0.3, -0.25) is 19.6 Å². The molecule has 1 atom stereocenters. The number of esters is 1. The van der Waals surface area contributed by atoms with Crippen molar-refractivity contribution in [3.05, 3.63) is 94.1 Å². The molecule has 5 heterocycles. The first-order valence-electron chi connectivity index (χ1n) is 14.4. The molecule has 8 bridgehead atoms. The quantitative estimate of drug-likeness (QED) is 0.209. The molecule has 3 aliphatic rings. The van der Waals surface area contributed by atoms with Crippen LogP contribution in [-0.4, -0.2) is 38.8 Å². The molecule has 7 nitrogen and oxygen atoms in total. The third-order valence-electron chi connectivity index (χ3n) is 8.93. The van der Waals surface area contributed by atoms with E-state index in [1.165, 1.54) is 12.7 Å². The molecular formula is C35H34N4O3. The number of aromatic nitrogens is 4. The molecule has 0 spiro atoms. The molecule has 2 N–H and O–H groups in total. The topological polar surface area (TPSA) is 101 Å². The summed E-state index contributed by atoms with van der Waals surface area (Å²) in [6.07, 6.45) is 1.36. The van der Waals surface area contributed by atoms with E-state index < -0.39 is 11.9 Å². The smallest absolute Gasteiger partial charge is 0.321 e. The van der Waals surface area contributed by atoms with Gasteiger partial charge in [0.25, 0.3) is 0 Å². The second-order valence-electron chi connectivity index (χ2n) is 13.2. The van der Waals surface area contributed by atoms with Crippen molar-refractivity contribution in [2.75, 3.05) is 7.11 Å². The predicted octanol–water partition coefficient (Wildman–Crippen LogP) is 6.78. The van der Waals surface area contributed by atoms with Crippen molar-refractivity contribution in [1.29, 1.82) is 0 Å². The number of benzene rings is 1. The van der Waals surface area contributed by atoms with Crippen molar-refractivity contribution in [2.45, 2.75) is 64.2 Å². The van der Waals surface area contributed by atoms with Crippen LogP contribution in [0.5, 0.6) is 0 Å². The number of H-pyrrole nitrogens is 2. The highest BCUT2D eigenvalue weighted by Gasteiger charge is 2.43. The Hall–Kier alpha value is -4.52. The highest BCUT2D eigenvalue weighted by molar-refractivity contribution is 6.22. The first-order valence-corrected chi connectivity index (χ1v) is 14.4. The summed E-state index contributed by atoms with van der Waals surface area (Å²) in [5.41, 5.74) is 10.9. The number of hydrogen-bond acceptors (Lipinski definition) is 5. The van der Waals surface area contributed by atoms with E-state index in [9.17, 15) is 9.59 Å². The van der Waals surface area contributed by atoms with Crippen molar-refractivity contribution in [3.8, 4) is 11.1 Å². The van der Waals surface area contributed by atoms with Crippen molar-refractivity contribution in [2.24, 2.45) is 0 Å². The fourth-order valence-electron chi connectivity index (χ4n) is 6.59. The number of nitrogens with one attached hydrogen (secondary N) is 2. The lowest BCUT2D eigenvalue weighted by atomic mass is 9.85. The number of fused-ring (bicyclic) bond motifs is 8. The molecule has 0 amide bonds. The number of aromatic amines is 2. The van der Waals surface area contributed by atoms with Gasteiger partial charge in [-0.15, -0.1) is 0 Å². The molecule has 212 valence electrons. The second-order valence-corrected chi connectivity index (χ2v) is 13.2. The van der Waals surface area contributed by atoms with Crippen LogP contribution in [0.3, 0.4) is 0 Å². The molecule has 7 rings (SSSR count). The summed E-state index contributed by atoms with van der Waals surface area (Å²) in [5, 5.41) is 0. The van der Waals surface area contributed by atoms with E-state index in [1.54, 1.807) is 0 Å². The van der Waals surface area contributed by atoms with Gasteiger partial charge in [0.2, 0.25) is 0 Å². The molecule has 7 heteroatoms. The molecule has 3 aromatic heterocycles. The van der Waals surface area contributed by atoms with Gasteiger partial charge in [-0.25, -0.2) is 0 Å². The minimum atomic E-state index is -1.01. The maximum Gasteiger partial charge on any atom is 0.321 e. The van der Waals surface area contributed by atoms with Crippen LogP contribution in [-0.2, 0) is 33.2 Å². The summed E-state index contributed by atoms with van der Waals surface area (Å²) in [6, 6.07) is 18.9. The van der Waals surface area contributed by atoms with Gasteiger partial charge in [0.1, 0.15) is 5.92 Å². The molecule has 0 saturated heterocycles. The van der Waals surface area contributed by atoms with Gasteiger partial charge in [-0.2, -0.15) is 0 Å². The summed E-state index contributed by atoms with van der Waals surface area (Å²) >= 11 is 0. The Morgan fingerprint density at radius 2 is 1.57 bits per heavy atom. The summed E-state index contributed by atoms with van der Waals surface area (Å²) in [7, 11) is 1.32. The molecule has 4 aromatic rings. The predicted molar refractivity (Wildman–Crippen MR) is 164 cm³/mol. The number of carbonyl (C=O) groups excluding carboxylic acids is 2. The van der Waals surface area contributed by atoms with Crippen molar-refractivity contribution in [1.82, 2.24) is 19.9 Å². The average Bonchev–Trinajstić information content (AvgIpc) is 3.69. The van der Waals surface area contributed by atoms with Crippen molar-refractivity contribution < 1.29 is 14.3 Å². The maximum absolute atomic E-state index is 13.8. The first kappa shape index (κ1) is 26.4. The van der Waals surface area contributed by atoms with Crippen molar-refractivity contribution >= 4 is 33.8 Å². The summed E-state index contributed by atoms with van der Waals surface area (Å²) in [4.78, 5) is 43.9. The third kappa shape index (κ3) is 4.10. The number of rotatable bonds is 2. The normalized spacial score (nSPS) is 18.3. The highest BCUT2D eigenvalue weighted by atomic mass is 16.5. The third-order valence-corrected chi connectivity index (χ3v) is 8.93. The van der Waals surface area contributed by atoms with E-state index in [1.807, 2.05) is 12.1 Å². The first-order chi connectivity index (χ1) is 19.9. The van der Waals surface area contributed by atoms with Gasteiger partial charge in [0.05, 0.1) is 23.9 Å². The van der Waals surface area contributed by atoms with Gasteiger partial charge >= 0.3 is 5.97 Å². The molecule has 0 fully saturated rings. The zero-order valence-corrected chi connectivity index (χ0v) is 24.8. The lowest BCUT2D eigenvalue weighted by molar-refractivity contribution is -0.141. The zero-order valence-electron chi connectivity index (χ0n) is 24.8. The Labute approximate surface area is 244 Å². The van der Waals surface area contributed by atoms with Crippen LogP contribution in [0.15, 0.2) is 54.6 Å². The van der Waals surface area contributed by atoms with Crippen LogP contribution in [0.1, 0.15) is 77.9 Å². The Balaban J connectivity index is 1.60. The number of ketones is 1. The van der Waals surface area contributed by atoms with E-state index in [2.05, 4.69) is 87.1 Å². The lowest BCUT2D eigenvalue weighted by Crippen LogP contribution is -2.20. The van der Waals surface area contributed by atoms with Gasteiger partial charge in [0.15, 0.2) is 5.78 Å². The van der Waals surface area contributed by atoms with Crippen LogP contribution in [0.25, 0.3) is 33.2 Å². The number of Topliss-reactive ketones (excluding diaryl/α,β-unsaturated/α-hetero) is 1. The average molecular weight is 559 g/mol. The Kier molecular flexibility index (Phi) is 5.65. The van der Waals surface area contributed by atoms with Gasteiger partial charge in [-0.1, -0.05) is 57.5 Å². The van der Waals surface area contributed by atoms with Crippen LogP contribution in [0.2, 0.25) is 0 Å². The molecular weight excluding hydrogens is 524 g/mol. The van der Waals surface area contributed by atoms with Crippen LogP contribution in [0.4, 0.5) is 0 Å². The summed E-state index contributed by atoms with van der Waals surface area (Å²) in [6.45, 7) is 10.7. The molecule has 1 aliphatic carbocycles. The molecule has 1 aromatic carbocycles. The van der Waals surface area contributed by atoms with E-state index in [-0.39, 0.29) is 16.6 Å². The molecule has 0 saturated carbocycles. The minimum Gasteiger partial charge on any atom is -0.468 e. The number of hydrogen-bond donors (Lipinski definition) is 2. The maximum atomic E-state index is 13.8. The van der Waals surface area contributed by atoms with Crippen molar-refractivity contribution in [3.63, 3.8) is 0 Å². The lowest BCUT2D eigenvalue weighted by Gasteiger charge is -2.16. The van der Waals surface area contributed by atoms with Crippen LogP contribution < -0.4 is 0 Å². The summed E-state index contributed by atoms with van der Waals surface area (Å²) in [5.74, 6) is -1.84. The standard InChI is InChI=1S/C35H34N4O3/c1-18-7-9-19(10-8-18)23-12-20-11-22-16-34(2,3)27(37-22)14-21-13-24-29(33(41)42-6)32(40)30(31(24)38-21)26-17-35(4,5)28(39-26)15-25(23)36-20/h7-15,29,36,38H,16-17H2,1-6H3. The Bertz CT molecular complexity index is 1980. The monoisotopic (exact) mass is 558 g/mol. The Morgan fingerprint density at radius 1 is 0.881 bits per heavy atom. The number of methoxy groups -OCH3 is 1. The number of ether oxygens (including phenoxy) is 1. The minimum absolute atomic E-state index is 0.191. The molecule has 0 radical (unpaired) electrons. The van der Waals surface area contributed by atoms with Gasteiger partial charge < -0.3 is 14.7 Å². The van der Waals surface area contributed by atoms with E-state index in [0.717, 1.165) is 51.2 Å². The largest absolute Gasteiger partial charge is 0.468 e. The van der Waals surface area contributed by atoms with E-state index in [4.69, 9.17) is 14.7 Å². The summed E-state index contributed by atoms with van der Waals surface area (Å²) < 4.78 is 5.08. The van der Waals surface area contributed by atoms with Crippen LogP contribution >= 0.6 is 0 Å². The number of nitrogens with zero attached hydrogens (tertiary/aromatic N) is 2.